The highest BCUT2D eigenvalue weighted by molar-refractivity contribution is 7.91. The number of ether oxygens (including phenoxy) is 3. The third-order valence-electron chi connectivity index (χ3n) is 31.8. The summed E-state index contributed by atoms with van der Waals surface area (Å²) in [6, 6.07) is 10.4. The minimum atomic E-state index is -3.90. The Labute approximate surface area is 870 Å². The van der Waals surface area contributed by atoms with Crippen molar-refractivity contribution in [3.63, 3.8) is 0 Å². The quantitative estimate of drug-likeness (QED) is 0.0395. The molecule has 42 nitrogen and oxygen atoms in total. The van der Waals surface area contributed by atoms with Crippen LogP contribution in [0, 0.1) is 29.1 Å². The van der Waals surface area contributed by atoms with Crippen LogP contribution in [0.25, 0.3) is 0 Å². The largest absolute Gasteiger partial charge is 0.444 e. The molecule has 0 unspecified atom stereocenters. The fourth-order valence-electron chi connectivity index (χ4n) is 21.8. The van der Waals surface area contributed by atoms with Gasteiger partial charge in [-0.05, 0) is 183 Å². The highest BCUT2D eigenvalue weighted by atomic mass is 32.2. The number of unbranched alkanes of at least 4 members (excludes halogenated alkanes) is 1. The van der Waals surface area contributed by atoms with Crippen LogP contribution in [0.1, 0.15) is 226 Å². The summed E-state index contributed by atoms with van der Waals surface area (Å²) in [4.78, 5) is 219. The molecule has 149 heavy (non-hydrogen) atoms. The van der Waals surface area contributed by atoms with Gasteiger partial charge >= 0.3 is 36.4 Å². The van der Waals surface area contributed by atoms with Gasteiger partial charge < -0.3 is 75.5 Å². The van der Waals surface area contributed by atoms with Crippen molar-refractivity contribution in [1.82, 2.24) is 90.2 Å². The van der Waals surface area contributed by atoms with Gasteiger partial charge in [-0.25, -0.2) is 54.0 Å². The molecule has 3 saturated heterocycles. The van der Waals surface area contributed by atoms with E-state index in [4.69, 9.17) is 14.2 Å². The Bertz CT molecular complexity index is 6190. The van der Waals surface area contributed by atoms with Crippen molar-refractivity contribution < 1.29 is 111 Å². The van der Waals surface area contributed by atoms with Gasteiger partial charge in [-0.2, -0.15) is 0 Å². The summed E-state index contributed by atoms with van der Waals surface area (Å²) < 4.78 is 100. The molecule has 9 N–H and O–H groups in total. The monoisotopic (exact) mass is 2120 g/mol. The lowest BCUT2D eigenvalue weighted by Gasteiger charge is -2.36. The third-order valence-corrected chi connectivity index (χ3v) is 37.2. The van der Waals surface area contributed by atoms with Gasteiger partial charge in [0.05, 0.1) is 35.4 Å². The molecular formula is C104H142N18O24S3. The van der Waals surface area contributed by atoms with Gasteiger partial charge in [-0.1, -0.05) is 127 Å². The van der Waals surface area contributed by atoms with Crippen LogP contribution in [0.2, 0.25) is 0 Å². The SMILES string of the molecule is C=C[C@@H]1C[C@]1(NC(=O)[C@@H]1C[C@@H]2CN1C(=O)[C@H](C(C)(C)C)NC(=O)N(C)CCCCc1cccc3c1CN(C3)C(=O)O2)C(=O)NS(=O)(=O)C1CC1.C=C[C@@H]1C[C@]1(NC(=O)[C@@H]1C[C@@H]2CN1C(=O)[C@H](C(C)C)NC(=O)N(C)CCCCc1cccc3c1CN(C3)C(=O)O2)C(=O)NS(=O)(=O)C1CC1.C=C[C@@H]1C[C@]1(NC(=O)[C@@H]1C[C@@H]2CN1C(=O)[C@H](CCCC)NC(=O)N(C)CCCCc1cccc3c1CN(C3)C(=O)O2)C(=O)NS(=O)(=O)C1CC1. The molecule has 15 aliphatic rings. The number of hydrogen-bond donors (Lipinski definition) is 9. The topological polar surface area (TPSA) is 524 Å². The van der Waals surface area contributed by atoms with Gasteiger partial charge in [0.2, 0.25) is 65.5 Å². The predicted molar refractivity (Wildman–Crippen MR) is 543 cm³/mol. The molecule has 6 aliphatic carbocycles. The molecule has 15 atom stereocenters. The van der Waals surface area contributed by atoms with Gasteiger partial charge in [0, 0.05) is 117 Å². The normalized spacial score (nSPS) is 29.0. The summed E-state index contributed by atoms with van der Waals surface area (Å²) in [5.74, 6) is -8.09. The molecule has 3 aromatic carbocycles. The van der Waals surface area contributed by atoms with Gasteiger partial charge in [0.15, 0.2) is 0 Å². The molecule has 9 heterocycles. The molecule has 9 aliphatic heterocycles. The van der Waals surface area contributed by atoms with Crippen LogP contribution in [0.4, 0.5) is 28.8 Å². The molecule has 45 heteroatoms. The van der Waals surface area contributed by atoms with Crippen molar-refractivity contribution in [3.05, 3.63) is 143 Å². The summed E-state index contributed by atoms with van der Waals surface area (Å²) in [6.45, 7) is 25.6. The van der Waals surface area contributed by atoms with E-state index in [1.54, 1.807) is 64.4 Å². The zero-order valence-corrected chi connectivity index (χ0v) is 88.7. The lowest BCUT2D eigenvalue weighted by atomic mass is 9.85. The van der Waals surface area contributed by atoms with Crippen LogP contribution in [0.5, 0.6) is 0 Å². The van der Waals surface area contributed by atoms with E-state index in [1.165, 1.54) is 32.9 Å². The summed E-state index contributed by atoms with van der Waals surface area (Å²) in [7, 11) is -6.63. The minimum Gasteiger partial charge on any atom is -0.444 e. The lowest BCUT2D eigenvalue weighted by molar-refractivity contribution is -0.142. The van der Waals surface area contributed by atoms with Crippen molar-refractivity contribution >= 4 is 120 Å². The Morgan fingerprint density at radius 1 is 0.436 bits per heavy atom. The predicted octanol–water partition coefficient (Wildman–Crippen LogP) is 6.26. The molecule has 0 spiro atoms. The number of sulfonamides is 3. The molecular weight excluding hydrogens is 1980 g/mol. The summed E-state index contributed by atoms with van der Waals surface area (Å²) in [5, 5.41) is 15.0. The van der Waals surface area contributed by atoms with Crippen LogP contribution in [0.15, 0.2) is 92.6 Å². The van der Waals surface area contributed by atoms with Crippen LogP contribution in [-0.2, 0) is 146 Å². The highest BCUT2D eigenvalue weighted by Crippen LogP contribution is 2.50. The van der Waals surface area contributed by atoms with Crippen molar-refractivity contribution in [3.8, 4) is 0 Å². The lowest BCUT2D eigenvalue weighted by Crippen LogP contribution is -2.61. The second-order valence-electron chi connectivity index (χ2n) is 44.2. The van der Waals surface area contributed by atoms with Gasteiger partial charge in [0.1, 0.15) is 71.2 Å². The zero-order chi connectivity index (χ0) is 107. The number of rotatable bonds is 22. The Morgan fingerprint density at radius 3 is 1.05 bits per heavy atom. The molecule has 18 amide bonds. The smallest absolute Gasteiger partial charge is 0.410 e. The number of nitrogens with one attached hydrogen (secondary N) is 9. The molecule has 18 rings (SSSR count). The second-order valence-corrected chi connectivity index (χ2v) is 50.1. The van der Waals surface area contributed by atoms with E-state index in [9.17, 15) is 97.2 Å². The Morgan fingerprint density at radius 2 is 0.745 bits per heavy atom. The molecule has 6 saturated carbocycles. The molecule has 3 aromatic rings. The maximum Gasteiger partial charge on any atom is 0.410 e. The van der Waals surface area contributed by atoms with Gasteiger partial charge in [0.25, 0.3) is 17.7 Å². The molecule has 0 aromatic heterocycles. The molecule has 0 radical (unpaired) electrons. The summed E-state index contributed by atoms with van der Waals surface area (Å²) in [6.07, 6.45) is 12.1. The minimum absolute atomic E-state index is 0.0411. The van der Waals surface area contributed by atoms with E-state index >= 15 is 0 Å². The van der Waals surface area contributed by atoms with Gasteiger partial charge in [-0.15, -0.1) is 19.7 Å². The maximum atomic E-state index is 14.4. The first-order chi connectivity index (χ1) is 70.6. The molecule has 12 bridgehead atoms. The number of amides is 18. The van der Waals surface area contributed by atoms with E-state index in [1.807, 2.05) is 64.1 Å². The molecule has 9 fully saturated rings. The Hall–Kier alpha value is -12.4. The first-order valence-corrected chi connectivity index (χ1v) is 56.9. The van der Waals surface area contributed by atoms with Crippen LogP contribution in [-0.4, -0.2) is 306 Å². The number of aryl methyl sites for hydroxylation is 3. The fourth-order valence-corrected chi connectivity index (χ4v) is 25.9. The highest BCUT2D eigenvalue weighted by Gasteiger charge is 2.66. The Balaban J connectivity index is 0.000000159. The second kappa shape index (κ2) is 43.9. The summed E-state index contributed by atoms with van der Waals surface area (Å²) in [5.41, 5.74) is 4.39. The van der Waals surface area contributed by atoms with E-state index in [0.717, 1.165) is 114 Å². The number of urea groups is 3. The average Bonchev–Trinajstić information content (AvgIpc) is 1.58. The number of benzene rings is 3. The van der Waals surface area contributed by atoms with Crippen LogP contribution < -0.4 is 46.1 Å². The number of fused-ring (bicyclic) bond motifs is 9. The van der Waals surface area contributed by atoms with Crippen LogP contribution in [0.3, 0.4) is 0 Å². The first-order valence-electron chi connectivity index (χ1n) is 52.3. The number of carbonyl (C=O) groups excluding carboxylic acids is 15. The maximum absolute atomic E-state index is 14.4. The number of carbonyl (C=O) groups is 15. The third kappa shape index (κ3) is 24.1. The van der Waals surface area contributed by atoms with E-state index in [0.29, 0.717) is 110 Å². The zero-order valence-electron chi connectivity index (χ0n) is 86.3. The van der Waals surface area contributed by atoms with Crippen LogP contribution >= 0.6 is 0 Å². The van der Waals surface area contributed by atoms with Gasteiger partial charge in [-0.3, -0.25) is 72.0 Å². The van der Waals surface area contributed by atoms with E-state index in [-0.39, 0.29) is 64.1 Å². The Kier molecular flexibility index (Phi) is 32.2. The first kappa shape index (κ1) is 109. The average molecular weight is 2120 g/mol. The van der Waals surface area contributed by atoms with Crippen molar-refractivity contribution in [2.24, 2.45) is 29.1 Å². The van der Waals surface area contributed by atoms with E-state index in [2.05, 4.69) is 84.0 Å². The van der Waals surface area contributed by atoms with Crippen molar-refractivity contribution in [2.45, 2.75) is 322 Å². The fraction of sp³-hybridized carbons (Fsp3) is 0.625. The summed E-state index contributed by atoms with van der Waals surface area (Å²) >= 11 is 0. The molecule has 810 valence electrons. The number of nitrogens with zero attached hydrogens (tertiary/aromatic N) is 9. The standard InChI is InChI=1S/2C35H48N6O8S.C34H46N6O8S/c1-6-23-17-35(23,31(44)38-50(47,48)25-13-14-25)37-29(42)27-16-24-19-41(27)30(43)28(34(2,3)4)36-32(45)39(5)15-8-7-10-21-11-9-12-22-18-40(20-26(21)22)33(46)49-24;1-4-6-13-28-31(43)41-20-25(17-29(41)30(42)37-35(18-24(35)5-2)32(44)38-50(47,48)26-14-15-26)49-34(46)40-19-23-12-9-11-22(27(23)21-40)10-7-8-16-39(3)33(45)36-28;1-5-23-16-34(23,31(43)37-49(46,47)25-12-13-25)36-29(41)27-15-24-18-40(27)30(42)28(20(2)3)35-32(44)38(4)14-7-6-9-21-10-8-11-22-17-39(19-26(21)22)33(45)48-24/h6,9,11-12,23-25,27-28H,1,7-8,10,13-20H2,2-5H3,(H,36,45)(H,37,42)(H,38,44);5,9,11-12,24-26,28-29H,2,4,6-8,10,13-21H2,1,3H3,(H,36,45)(H,37,42)(H,38,44);5,8,10-11,20,23-25,27-28H,1,6-7,9,12-19H2,2-4H3,(H,35,44)(H,36,41)(H,37,43)/t23-,24-,27+,28-,35-;24-,25-,28+,29+,35-;23-,24-,27+,28+,34-/m111/s1. The van der Waals surface area contributed by atoms with Crippen molar-refractivity contribution in [1.29, 1.82) is 0 Å². The number of hydrogen-bond acceptors (Lipinski definition) is 24. The van der Waals surface area contributed by atoms with Crippen molar-refractivity contribution in [2.75, 3.05) is 60.4 Å². The van der Waals surface area contributed by atoms with E-state index < -0.39 is 230 Å².